The van der Waals surface area contributed by atoms with Crippen LogP contribution in [0.4, 0.5) is 0 Å². The number of hydrogen-bond donors (Lipinski definition) is 2. The van der Waals surface area contributed by atoms with Crippen LogP contribution in [0.25, 0.3) is 21.2 Å². The van der Waals surface area contributed by atoms with E-state index in [2.05, 4.69) is 64.2 Å². The van der Waals surface area contributed by atoms with Crippen molar-refractivity contribution in [3.63, 3.8) is 0 Å². The zero-order chi connectivity index (χ0) is 20.1. The van der Waals surface area contributed by atoms with Crippen molar-refractivity contribution >= 4 is 21.4 Å². The van der Waals surface area contributed by atoms with E-state index in [4.69, 9.17) is 4.98 Å². The third kappa shape index (κ3) is 2.84. The van der Waals surface area contributed by atoms with Crippen molar-refractivity contribution in [2.75, 3.05) is 6.54 Å². The number of hydrogen-bond acceptors (Lipinski definition) is 4. The lowest BCUT2D eigenvalue weighted by atomic mass is 9.91. The quantitative estimate of drug-likeness (QED) is 0.509. The van der Waals surface area contributed by atoms with Gasteiger partial charge in [-0.3, -0.25) is 4.79 Å². The van der Waals surface area contributed by atoms with E-state index in [1.54, 1.807) is 11.3 Å². The molecule has 6 rings (SSSR count). The van der Waals surface area contributed by atoms with Crippen molar-refractivity contribution in [2.45, 2.75) is 37.6 Å². The van der Waals surface area contributed by atoms with Gasteiger partial charge in [0.15, 0.2) is 0 Å². The molecule has 0 amide bonds. The second-order valence-corrected chi connectivity index (χ2v) is 9.34. The van der Waals surface area contributed by atoms with Gasteiger partial charge in [0.05, 0.1) is 16.7 Å². The van der Waals surface area contributed by atoms with Crippen LogP contribution in [0.1, 0.15) is 41.9 Å². The number of aryl methyl sites for hydroxylation is 1. The molecule has 150 valence electrons. The third-order valence-corrected chi connectivity index (χ3v) is 7.54. The number of aromatic amines is 1. The first-order valence-corrected chi connectivity index (χ1v) is 11.5. The SMILES string of the molecule is O=c1[nH]c(C2(c3cccc(-c4csc5ccccc45)c3)CC2)nc2c1CNCCC2. The Balaban J connectivity index is 1.44. The standard InChI is InChI=1S/C25H23N3OS/c29-23-19-14-26-12-4-8-21(19)27-24(28-23)25(10-11-25)17-6-3-5-16(13-17)20-15-30-22-9-2-1-7-18(20)22/h1-3,5-7,9,13,15,26H,4,8,10-12,14H2,(H,27,28,29). The van der Waals surface area contributed by atoms with Gasteiger partial charge in [-0.1, -0.05) is 42.5 Å². The molecule has 2 aliphatic rings. The molecule has 0 atom stereocenters. The monoisotopic (exact) mass is 413 g/mol. The van der Waals surface area contributed by atoms with Crippen LogP contribution in [0.2, 0.25) is 0 Å². The average Bonchev–Trinajstić information content (AvgIpc) is 3.52. The summed E-state index contributed by atoms with van der Waals surface area (Å²) in [4.78, 5) is 20.9. The van der Waals surface area contributed by atoms with Gasteiger partial charge in [-0.15, -0.1) is 11.3 Å². The van der Waals surface area contributed by atoms with E-state index >= 15 is 0 Å². The van der Waals surface area contributed by atoms with E-state index in [1.165, 1.54) is 26.8 Å². The molecule has 1 fully saturated rings. The highest BCUT2D eigenvalue weighted by Crippen LogP contribution is 2.52. The normalized spacial score (nSPS) is 17.5. The van der Waals surface area contributed by atoms with Gasteiger partial charge in [-0.2, -0.15) is 0 Å². The van der Waals surface area contributed by atoms with Crippen LogP contribution in [0, 0.1) is 0 Å². The minimum Gasteiger partial charge on any atom is -0.312 e. The number of thiophene rings is 1. The van der Waals surface area contributed by atoms with Crippen molar-refractivity contribution in [3.8, 4) is 11.1 Å². The fourth-order valence-corrected chi connectivity index (χ4v) is 5.70. The van der Waals surface area contributed by atoms with E-state index in [9.17, 15) is 4.79 Å². The highest BCUT2D eigenvalue weighted by atomic mass is 32.1. The number of nitrogens with zero attached hydrogens (tertiary/aromatic N) is 1. The number of nitrogens with one attached hydrogen (secondary N) is 2. The van der Waals surface area contributed by atoms with Gasteiger partial charge in [0.2, 0.25) is 0 Å². The summed E-state index contributed by atoms with van der Waals surface area (Å²) in [5, 5.41) is 6.88. The summed E-state index contributed by atoms with van der Waals surface area (Å²) < 4.78 is 1.31. The zero-order valence-electron chi connectivity index (χ0n) is 16.7. The smallest absolute Gasteiger partial charge is 0.255 e. The molecule has 5 heteroatoms. The van der Waals surface area contributed by atoms with E-state index in [-0.39, 0.29) is 11.0 Å². The van der Waals surface area contributed by atoms with Crippen LogP contribution in [-0.4, -0.2) is 16.5 Å². The first kappa shape index (κ1) is 18.0. The summed E-state index contributed by atoms with van der Waals surface area (Å²) in [6.07, 6.45) is 3.95. The summed E-state index contributed by atoms with van der Waals surface area (Å²) >= 11 is 1.79. The van der Waals surface area contributed by atoms with Crippen LogP contribution in [0.3, 0.4) is 0 Å². The van der Waals surface area contributed by atoms with E-state index in [0.717, 1.165) is 49.3 Å². The van der Waals surface area contributed by atoms with E-state index in [1.807, 2.05) is 0 Å². The molecule has 30 heavy (non-hydrogen) atoms. The molecule has 3 heterocycles. The fraction of sp³-hybridized carbons (Fsp3) is 0.280. The third-order valence-electron chi connectivity index (χ3n) is 6.58. The highest BCUT2D eigenvalue weighted by Gasteiger charge is 2.48. The molecule has 0 spiro atoms. The van der Waals surface area contributed by atoms with Gasteiger partial charge in [-0.25, -0.2) is 4.98 Å². The van der Waals surface area contributed by atoms with Crippen LogP contribution < -0.4 is 10.9 Å². The summed E-state index contributed by atoms with van der Waals surface area (Å²) in [7, 11) is 0. The maximum Gasteiger partial charge on any atom is 0.255 e. The van der Waals surface area contributed by atoms with Gasteiger partial charge in [0.1, 0.15) is 5.82 Å². The van der Waals surface area contributed by atoms with Gasteiger partial charge >= 0.3 is 0 Å². The Morgan fingerprint density at radius 3 is 2.87 bits per heavy atom. The molecule has 0 saturated heterocycles. The molecule has 2 N–H and O–H groups in total. The maximum atomic E-state index is 12.8. The number of aromatic nitrogens is 2. The van der Waals surface area contributed by atoms with Crippen molar-refractivity contribution in [1.29, 1.82) is 0 Å². The second-order valence-electron chi connectivity index (χ2n) is 8.43. The second kappa shape index (κ2) is 6.89. The Hall–Kier alpha value is -2.76. The summed E-state index contributed by atoms with van der Waals surface area (Å²) in [5.74, 6) is 0.848. The molecule has 1 saturated carbocycles. The Labute approximate surface area is 179 Å². The van der Waals surface area contributed by atoms with Crippen LogP contribution in [0.15, 0.2) is 58.7 Å². The van der Waals surface area contributed by atoms with Crippen molar-refractivity contribution in [3.05, 3.63) is 86.9 Å². The summed E-state index contributed by atoms with van der Waals surface area (Å²) in [5.41, 5.74) is 5.42. The van der Waals surface area contributed by atoms with Crippen molar-refractivity contribution < 1.29 is 0 Å². The molecular formula is C25H23N3OS. The first-order chi connectivity index (χ1) is 14.7. The topological polar surface area (TPSA) is 57.8 Å². The number of H-pyrrole nitrogens is 1. The summed E-state index contributed by atoms with van der Waals surface area (Å²) in [6.45, 7) is 1.55. The molecule has 0 radical (unpaired) electrons. The average molecular weight is 414 g/mol. The lowest BCUT2D eigenvalue weighted by Crippen LogP contribution is -2.26. The zero-order valence-corrected chi connectivity index (χ0v) is 17.5. The van der Waals surface area contributed by atoms with Crippen molar-refractivity contribution in [1.82, 2.24) is 15.3 Å². The Kier molecular flexibility index (Phi) is 4.15. The lowest BCUT2D eigenvalue weighted by molar-refractivity contribution is 0.678. The Bertz CT molecular complexity index is 1320. The van der Waals surface area contributed by atoms with Gasteiger partial charge < -0.3 is 10.3 Å². The molecular weight excluding hydrogens is 390 g/mol. The van der Waals surface area contributed by atoms with Crippen LogP contribution >= 0.6 is 11.3 Å². The number of rotatable bonds is 3. The summed E-state index contributed by atoms with van der Waals surface area (Å²) in [6, 6.07) is 17.4. The molecule has 2 aromatic carbocycles. The predicted molar refractivity (Wildman–Crippen MR) is 122 cm³/mol. The minimum absolute atomic E-state index is 0.0238. The van der Waals surface area contributed by atoms with Gasteiger partial charge in [0, 0.05) is 22.2 Å². The lowest BCUT2D eigenvalue weighted by Gasteiger charge is -2.18. The molecule has 4 nitrogen and oxygen atoms in total. The molecule has 1 aliphatic heterocycles. The molecule has 4 aromatic rings. The van der Waals surface area contributed by atoms with Crippen LogP contribution in [0.5, 0.6) is 0 Å². The highest BCUT2D eigenvalue weighted by molar-refractivity contribution is 7.17. The molecule has 0 unspecified atom stereocenters. The molecule has 0 bridgehead atoms. The molecule has 2 aromatic heterocycles. The Morgan fingerprint density at radius 2 is 1.97 bits per heavy atom. The largest absolute Gasteiger partial charge is 0.312 e. The first-order valence-electron chi connectivity index (χ1n) is 10.6. The van der Waals surface area contributed by atoms with E-state index in [0.29, 0.717) is 6.54 Å². The van der Waals surface area contributed by atoms with E-state index < -0.39 is 0 Å². The molecule has 1 aliphatic carbocycles. The number of benzene rings is 2. The maximum absolute atomic E-state index is 12.8. The van der Waals surface area contributed by atoms with Gasteiger partial charge in [-0.05, 0) is 54.8 Å². The fourth-order valence-electron chi connectivity index (χ4n) is 4.73. The minimum atomic E-state index is -0.157. The number of fused-ring (bicyclic) bond motifs is 2. The van der Waals surface area contributed by atoms with Crippen LogP contribution in [-0.2, 0) is 18.4 Å². The Morgan fingerprint density at radius 1 is 1.07 bits per heavy atom. The van der Waals surface area contributed by atoms with Gasteiger partial charge in [0.25, 0.3) is 5.56 Å². The predicted octanol–water partition coefficient (Wildman–Crippen LogP) is 4.77. The van der Waals surface area contributed by atoms with Crippen molar-refractivity contribution in [2.24, 2.45) is 0 Å².